The Morgan fingerprint density at radius 3 is 2.70 bits per heavy atom. The Labute approximate surface area is 129 Å². The van der Waals surface area contributed by atoms with Gasteiger partial charge in [-0.15, -0.1) is 0 Å². The van der Waals surface area contributed by atoms with Crippen LogP contribution in [0.3, 0.4) is 0 Å². The zero-order chi connectivity index (χ0) is 14.4. The third-order valence-electron chi connectivity index (χ3n) is 4.01. The third-order valence-corrected chi connectivity index (χ3v) is 4.70. The van der Waals surface area contributed by atoms with Gasteiger partial charge in [0.15, 0.2) is 0 Å². The molecule has 0 unspecified atom stereocenters. The maximum absolute atomic E-state index is 14.3. The van der Waals surface area contributed by atoms with Crippen LogP contribution >= 0.6 is 15.9 Å². The van der Waals surface area contributed by atoms with E-state index in [-0.39, 0.29) is 11.9 Å². The van der Waals surface area contributed by atoms with E-state index < -0.39 is 0 Å². The second-order valence-corrected chi connectivity index (χ2v) is 6.29. The predicted molar refractivity (Wildman–Crippen MR) is 85.4 cm³/mol. The van der Waals surface area contributed by atoms with Crippen molar-refractivity contribution < 1.29 is 4.39 Å². The van der Waals surface area contributed by atoms with Gasteiger partial charge in [0, 0.05) is 42.3 Å². The fourth-order valence-electron chi connectivity index (χ4n) is 2.92. The van der Waals surface area contributed by atoms with Gasteiger partial charge in [0.2, 0.25) is 0 Å². The van der Waals surface area contributed by atoms with E-state index in [0.29, 0.717) is 0 Å². The lowest BCUT2D eigenvalue weighted by molar-refractivity contribution is 0.159. The van der Waals surface area contributed by atoms with Gasteiger partial charge in [0.25, 0.3) is 0 Å². The summed E-state index contributed by atoms with van der Waals surface area (Å²) in [5.41, 5.74) is 0.838. The van der Waals surface area contributed by atoms with Crippen LogP contribution in [0.4, 0.5) is 4.39 Å². The van der Waals surface area contributed by atoms with E-state index in [4.69, 9.17) is 0 Å². The van der Waals surface area contributed by atoms with Gasteiger partial charge in [-0.05, 0) is 18.6 Å². The molecule has 1 aliphatic rings. The topological polar surface area (TPSA) is 15.3 Å². The Morgan fingerprint density at radius 1 is 1.30 bits per heavy atom. The molecule has 0 aliphatic carbocycles. The second-order valence-electron chi connectivity index (χ2n) is 5.43. The molecule has 1 aromatic carbocycles. The number of nitrogens with one attached hydrogen (secondary N) is 1. The van der Waals surface area contributed by atoms with Crippen molar-refractivity contribution in [3.8, 4) is 0 Å². The summed E-state index contributed by atoms with van der Waals surface area (Å²) < 4.78 is 15.2. The summed E-state index contributed by atoms with van der Waals surface area (Å²) in [6, 6.07) is 5.49. The Morgan fingerprint density at radius 2 is 2.05 bits per heavy atom. The first-order chi connectivity index (χ1) is 9.74. The van der Waals surface area contributed by atoms with Crippen LogP contribution in [0, 0.1) is 5.82 Å². The van der Waals surface area contributed by atoms with Crippen LogP contribution in [0.5, 0.6) is 0 Å². The number of nitrogens with zero attached hydrogens (tertiary/aromatic N) is 1. The molecule has 2 nitrogen and oxygen atoms in total. The maximum Gasteiger partial charge on any atom is 0.129 e. The van der Waals surface area contributed by atoms with Gasteiger partial charge in [0.05, 0.1) is 0 Å². The summed E-state index contributed by atoms with van der Waals surface area (Å²) in [5.74, 6) is -0.0839. The van der Waals surface area contributed by atoms with Crippen molar-refractivity contribution in [1.29, 1.82) is 0 Å². The number of benzene rings is 1. The third kappa shape index (κ3) is 4.03. The number of piperazine rings is 1. The van der Waals surface area contributed by atoms with Gasteiger partial charge in [-0.2, -0.15) is 0 Å². The SMILES string of the molecule is CCCCC[C@H](c1c(F)cccc1Br)N1CCNCC1. The number of unbranched alkanes of at least 4 members (excludes halogenated alkanes) is 2. The van der Waals surface area contributed by atoms with Gasteiger partial charge in [-0.25, -0.2) is 4.39 Å². The quantitative estimate of drug-likeness (QED) is 0.782. The molecule has 1 saturated heterocycles. The summed E-state index contributed by atoms with van der Waals surface area (Å²) in [6.45, 7) is 6.20. The first-order valence-corrected chi connectivity index (χ1v) is 8.42. The second kappa shape index (κ2) is 8.11. The number of rotatable bonds is 6. The van der Waals surface area contributed by atoms with Crippen LogP contribution in [-0.4, -0.2) is 31.1 Å². The molecule has 1 aromatic rings. The highest BCUT2D eigenvalue weighted by Gasteiger charge is 2.25. The van der Waals surface area contributed by atoms with E-state index in [1.807, 2.05) is 6.07 Å². The van der Waals surface area contributed by atoms with Crippen molar-refractivity contribution >= 4 is 15.9 Å². The molecule has 0 spiro atoms. The van der Waals surface area contributed by atoms with Crippen molar-refractivity contribution in [2.75, 3.05) is 26.2 Å². The van der Waals surface area contributed by atoms with E-state index in [9.17, 15) is 4.39 Å². The molecule has 4 heteroatoms. The van der Waals surface area contributed by atoms with Crippen molar-refractivity contribution in [3.63, 3.8) is 0 Å². The Bertz CT molecular complexity index is 399. The predicted octanol–water partition coefficient (Wildman–Crippen LogP) is 4.11. The molecule has 2 rings (SSSR count). The molecule has 0 bridgehead atoms. The minimum atomic E-state index is -0.0839. The van der Waals surface area contributed by atoms with Crippen molar-refractivity contribution in [2.24, 2.45) is 0 Å². The lowest BCUT2D eigenvalue weighted by Crippen LogP contribution is -2.45. The molecule has 1 fully saturated rings. The summed E-state index contributed by atoms with van der Waals surface area (Å²) >= 11 is 3.54. The summed E-state index contributed by atoms with van der Waals surface area (Å²) in [7, 11) is 0. The normalized spacial score (nSPS) is 18.1. The fourth-order valence-corrected chi connectivity index (χ4v) is 3.53. The van der Waals surface area contributed by atoms with E-state index in [1.54, 1.807) is 12.1 Å². The first kappa shape index (κ1) is 15.9. The highest BCUT2D eigenvalue weighted by molar-refractivity contribution is 9.10. The zero-order valence-electron chi connectivity index (χ0n) is 12.2. The van der Waals surface area contributed by atoms with Gasteiger partial charge < -0.3 is 5.32 Å². The van der Waals surface area contributed by atoms with Crippen molar-refractivity contribution in [1.82, 2.24) is 10.2 Å². The number of hydrogen-bond acceptors (Lipinski definition) is 2. The van der Waals surface area contributed by atoms with Gasteiger partial charge >= 0.3 is 0 Å². The van der Waals surface area contributed by atoms with Gasteiger partial charge in [-0.3, -0.25) is 4.90 Å². The van der Waals surface area contributed by atoms with Crippen molar-refractivity contribution in [2.45, 2.75) is 38.6 Å². The Kier molecular flexibility index (Phi) is 6.46. The van der Waals surface area contributed by atoms with Crippen LogP contribution in [0.1, 0.15) is 44.2 Å². The summed E-state index contributed by atoms with van der Waals surface area (Å²) in [5, 5.41) is 3.37. The summed E-state index contributed by atoms with van der Waals surface area (Å²) in [4.78, 5) is 2.43. The van der Waals surface area contributed by atoms with Crippen LogP contribution in [0.25, 0.3) is 0 Å². The minimum absolute atomic E-state index is 0.0839. The van der Waals surface area contributed by atoms with E-state index in [1.165, 1.54) is 12.8 Å². The van der Waals surface area contributed by atoms with Crippen LogP contribution in [-0.2, 0) is 0 Å². The largest absolute Gasteiger partial charge is 0.314 e. The zero-order valence-corrected chi connectivity index (χ0v) is 13.8. The molecule has 1 N–H and O–H groups in total. The molecule has 20 heavy (non-hydrogen) atoms. The standard InChI is InChI=1S/C16H24BrFN2/c1-2-3-4-8-15(20-11-9-19-10-12-20)16-13(17)6-5-7-14(16)18/h5-7,15,19H,2-4,8-12H2,1H3/t15-/m1/s1. The molecular weight excluding hydrogens is 319 g/mol. The van der Waals surface area contributed by atoms with E-state index >= 15 is 0 Å². The van der Waals surface area contributed by atoms with Gasteiger partial charge in [-0.1, -0.05) is 48.2 Å². The average Bonchev–Trinajstić information content (AvgIpc) is 2.46. The smallest absolute Gasteiger partial charge is 0.129 e. The van der Waals surface area contributed by atoms with Crippen LogP contribution in [0.2, 0.25) is 0 Å². The molecule has 1 aliphatic heterocycles. The Hall–Kier alpha value is -0.450. The first-order valence-electron chi connectivity index (χ1n) is 7.62. The van der Waals surface area contributed by atoms with Crippen molar-refractivity contribution in [3.05, 3.63) is 34.1 Å². The molecule has 112 valence electrons. The van der Waals surface area contributed by atoms with E-state index in [0.717, 1.165) is 49.1 Å². The Balaban J connectivity index is 2.20. The lowest BCUT2D eigenvalue weighted by Gasteiger charge is -2.36. The molecule has 1 atom stereocenters. The fraction of sp³-hybridized carbons (Fsp3) is 0.625. The number of halogens is 2. The molecule has 0 saturated carbocycles. The molecule has 0 radical (unpaired) electrons. The molecule has 0 aromatic heterocycles. The lowest BCUT2D eigenvalue weighted by atomic mass is 9.97. The molecule has 1 heterocycles. The summed E-state index contributed by atoms with van der Waals surface area (Å²) in [6.07, 6.45) is 4.61. The minimum Gasteiger partial charge on any atom is -0.314 e. The highest BCUT2D eigenvalue weighted by Crippen LogP contribution is 2.34. The van der Waals surface area contributed by atoms with Gasteiger partial charge in [0.1, 0.15) is 5.82 Å². The van der Waals surface area contributed by atoms with Crippen LogP contribution < -0.4 is 5.32 Å². The monoisotopic (exact) mass is 342 g/mol. The molecule has 0 amide bonds. The number of hydrogen-bond donors (Lipinski definition) is 1. The van der Waals surface area contributed by atoms with E-state index in [2.05, 4.69) is 33.1 Å². The maximum atomic E-state index is 14.3. The molecular formula is C16H24BrFN2. The highest BCUT2D eigenvalue weighted by atomic mass is 79.9. The van der Waals surface area contributed by atoms with Crippen LogP contribution in [0.15, 0.2) is 22.7 Å². The average molecular weight is 343 g/mol.